The molecule has 22 heavy (non-hydrogen) atoms. The number of hydrogen-bond donors (Lipinski definition) is 0. The van der Waals surface area contributed by atoms with Crippen molar-refractivity contribution in [3.63, 3.8) is 0 Å². The Morgan fingerprint density at radius 1 is 1.32 bits per heavy atom. The van der Waals surface area contributed by atoms with E-state index in [4.69, 9.17) is 10.3 Å². The third-order valence-electron chi connectivity index (χ3n) is 3.08. The van der Waals surface area contributed by atoms with Crippen molar-refractivity contribution in [3.05, 3.63) is 40.3 Å². The van der Waals surface area contributed by atoms with E-state index in [0.29, 0.717) is 5.56 Å². The first-order valence-electron chi connectivity index (χ1n) is 6.51. The lowest BCUT2D eigenvalue weighted by Crippen LogP contribution is -2.20. The summed E-state index contributed by atoms with van der Waals surface area (Å²) in [6, 6.07) is 4.59. The number of sulfone groups is 1. The van der Waals surface area contributed by atoms with Gasteiger partial charge in [0.25, 0.3) is 0 Å². The minimum absolute atomic E-state index is 0.0557. The summed E-state index contributed by atoms with van der Waals surface area (Å²) in [5.74, 6) is -0.275. The van der Waals surface area contributed by atoms with Crippen LogP contribution in [0.5, 0.6) is 0 Å². The maximum atomic E-state index is 12.9. The van der Waals surface area contributed by atoms with Crippen LogP contribution in [0.25, 0.3) is 10.4 Å². The zero-order valence-corrected chi connectivity index (χ0v) is 12.8. The lowest BCUT2D eigenvalue weighted by molar-refractivity contribution is 0.0721. The Morgan fingerprint density at radius 3 is 2.41 bits per heavy atom. The fourth-order valence-electron chi connectivity index (χ4n) is 1.98. The van der Waals surface area contributed by atoms with Crippen LogP contribution in [0, 0.1) is 0 Å². The highest BCUT2D eigenvalue weighted by Gasteiger charge is 2.23. The Bertz CT molecular complexity index is 616. The standard InChI is InChI=1S/C13H17F2N3O3S/c1-21-13(12(9-15)17-18-16)10-3-5-11(6-4-10)22(19,20)8-2-7-14/h3-6,12-13H,2,7-9H2,1H3/t12-,13-/m1/s1. The molecule has 9 heteroatoms. The highest BCUT2D eigenvalue weighted by molar-refractivity contribution is 7.91. The topological polar surface area (TPSA) is 92.1 Å². The van der Waals surface area contributed by atoms with Crippen LogP contribution in [0.15, 0.2) is 34.3 Å². The molecule has 0 amide bonds. The minimum atomic E-state index is -3.54. The molecule has 1 aromatic carbocycles. The Balaban J connectivity index is 3.02. The molecule has 6 nitrogen and oxygen atoms in total. The zero-order valence-electron chi connectivity index (χ0n) is 12.0. The molecule has 1 aromatic rings. The predicted molar refractivity (Wildman–Crippen MR) is 77.7 cm³/mol. The summed E-state index contributed by atoms with van der Waals surface area (Å²) in [5, 5.41) is 3.32. The molecule has 1 rings (SSSR count). The second-order valence-corrected chi connectivity index (χ2v) is 6.62. The molecule has 0 aromatic heterocycles. The summed E-state index contributed by atoms with van der Waals surface area (Å²) in [4.78, 5) is 2.62. The first-order valence-corrected chi connectivity index (χ1v) is 8.17. The molecule has 0 bridgehead atoms. The lowest BCUT2D eigenvalue weighted by Gasteiger charge is -2.20. The van der Waals surface area contributed by atoms with E-state index in [9.17, 15) is 17.2 Å². The fourth-order valence-corrected chi connectivity index (χ4v) is 3.26. The summed E-state index contributed by atoms with van der Waals surface area (Å²) < 4.78 is 53.9. The van der Waals surface area contributed by atoms with Crippen molar-refractivity contribution < 1.29 is 21.9 Å². The van der Waals surface area contributed by atoms with Gasteiger partial charge >= 0.3 is 0 Å². The van der Waals surface area contributed by atoms with Gasteiger partial charge in [-0.1, -0.05) is 17.2 Å². The van der Waals surface area contributed by atoms with Crippen molar-refractivity contribution in [1.82, 2.24) is 0 Å². The number of azide groups is 1. The Labute approximate surface area is 127 Å². The van der Waals surface area contributed by atoms with Gasteiger partial charge < -0.3 is 4.74 Å². The fraction of sp³-hybridized carbons (Fsp3) is 0.538. The van der Waals surface area contributed by atoms with Gasteiger partial charge in [0.1, 0.15) is 6.67 Å². The molecule has 0 saturated heterocycles. The second-order valence-electron chi connectivity index (χ2n) is 4.51. The number of halogens is 2. The third-order valence-corrected chi connectivity index (χ3v) is 4.89. The zero-order chi connectivity index (χ0) is 16.6. The van der Waals surface area contributed by atoms with Crippen LogP contribution in [0.4, 0.5) is 8.78 Å². The summed E-state index contributed by atoms with van der Waals surface area (Å²) in [6.07, 6.45) is -0.880. The summed E-state index contributed by atoms with van der Waals surface area (Å²) in [6.45, 7) is -1.60. The SMILES string of the molecule is CO[C@H](c1ccc(S(=O)(=O)CCCF)cc1)[C@@H](CF)N=[N+]=[N-]. The van der Waals surface area contributed by atoms with Crippen molar-refractivity contribution in [1.29, 1.82) is 0 Å². The monoisotopic (exact) mass is 333 g/mol. The molecule has 0 N–H and O–H groups in total. The smallest absolute Gasteiger partial charge is 0.178 e. The summed E-state index contributed by atoms with van der Waals surface area (Å²) >= 11 is 0. The molecule has 0 aliphatic rings. The quantitative estimate of drug-likeness (QED) is 0.395. The van der Waals surface area contributed by atoms with Crippen LogP contribution in [-0.2, 0) is 14.6 Å². The van der Waals surface area contributed by atoms with Gasteiger partial charge in [0.05, 0.1) is 29.5 Å². The average molecular weight is 333 g/mol. The van der Waals surface area contributed by atoms with Gasteiger partial charge in [0, 0.05) is 12.0 Å². The average Bonchev–Trinajstić information content (AvgIpc) is 2.53. The van der Waals surface area contributed by atoms with Gasteiger partial charge in [0.15, 0.2) is 9.84 Å². The normalized spacial score (nSPS) is 14.1. The molecule has 0 fully saturated rings. The van der Waals surface area contributed by atoms with Gasteiger partial charge in [-0.3, -0.25) is 8.78 Å². The Kier molecular flexibility index (Phi) is 7.23. The summed E-state index contributed by atoms with van der Waals surface area (Å²) in [7, 11) is -2.21. The predicted octanol–water partition coefficient (Wildman–Crippen LogP) is 3.16. The van der Waals surface area contributed by atoms with Crippen LogP contribution < -0.4 is 0 Å². The summed E-state index contributed by atoms with van der Waals surface area (Å²) in [5.41, 5.74) is 8.91. The molecule has 0 spiro atoms. The molecule has 0 aliphatic heterocycles. The van der Waals surface area contributed by atoms with E-state index in [1.807, 2.05) is 0 Å². The number of ether oxygens (including phenoxy) is 1. The number of benzene rings is 1. The van der Waals surface area contributed by atoms with Gasteiger partial charge in [-0.05, 0) is 29.6 Å². The maximum Gasteiger partial charge on any atom is 0.178 e. The van der Waals surface area contributed by atoms with Crippen molar-refractivity contribution in [2.45, 2.75) is 23.5 Å². The lowest BCUT2D eigenvalue weighted by atomic mass is 10.0. The van der Waals surface area contributed by atoms with Crippen molar-refractivity contribution in [3.8, 4) is 0 Å². The molecular formula is C13H17F2N3O3S. The van der Waals surface area contributed by atoms with E-state index in [1.54, 1.807) is 0 Å². The largest absolute Gasteiger partial charge is 0.376 e. The maximum absolute atomic E-state index is 12.9. The van der Waals surface area contributed by atoms with Crippen molar-refractivity contribution >= 4 is 9.84 Å². The van der Waals surface area contributed by atoms with E-state index < -0.39 is 35.3 Å². The van der Waals surface area contributed by atoms with Crippen LogP contribution in [-0.4, -0.2) is 40.7 Å². The van der Waals surface area contributed by atoms with Crippen LogP contribution >= 0.6 is 0 Å². The molecule has 0 saturated carbocycles. The molecule has 122 valence electrons. The number of nitrogens with zero attached hydrogens (tertiary/aromatic N) is 3. The van der Waals surface area contributed by atoms with Gasteiger partial charge in [0.2, 0.25) is 0 Å². The highest BCUT2D eigenvalue weighted by atomic mass is 32.2. The highest BCUT2D eigenvalue weighted by Crippen LogP contribution is 2.25. The van der Waals surface area contributed by atoms with E-state index >= 15 is 0 Å². The second kappa shape index (κ2) is 8.67. The van der Waals surface area contributed by atoms with E-state index in [0.717, 1.165) is 0 Å². The number of methoxy groups -OCH3 is 1. The van der Waals surface area contributed by atoms with Crippen molar-refractivity contribution in [2.75, 3.05) is 26.2 Å². The van der Waals surface area contributed by atoms with Gasteiger partial charge in [-0.15, -0.1) is 0 Å². The van der Waals surface area contributed by atoms with Crippen LogP contribution in [0.3, 0.4) is 0 Å². The Morgan fingerprint density at radius 2 is 1.95 bits per heavy atom. The molecule has 2 atom stereocenters. The van der Waals surface area contributed by atoms with Gasteiger partial charge in [-0.2, -0.15) is 0 Å². The molecule has 0 aliphatic carbocycles. The van der Waals surface area contributed by atoms with Crippen LogP contribution in [0.2, 0.25) is 0 Å². The van der Waals surface area contributed by atoms with Crippen LogP contribution in [0.1, 0.15) is 18.1 Å². The molecular weight excluding hydrogens is 316 g/mol. The number of hydrogen-bond acceptors (Lipinski definition) is 4. The third kappa shape index (κ3) is 4.66. The first-order chi connectivity index (χ1) is 10.5. The molecule has 0 radical (unpaired) electrons. The van der Waals surface area contributed by atoms with Gasteiger partial charge in [-0.25, -0.2) is 8.42 Å². The Hall–Kier alpha value is -1.70. The minimum Gasteiger partial charge on any atom is -0.376 e. The molecule has 0 unspecified atom stereocenters. The first kappa shape index (κ1) is 18.3. The molecule has 0 heterocycles. The van der Waals surface area contributed by atoms with E-state index in [2.05, 4.69) is 10.0 Å². The van der Waals surface area contributed by atoms with E-state index in [1.165, 1.54) is 31.4 Å². The van der Waals surface area contributed by atoms with E-state index in [-0.39, 0.29) is 17.1 Å². The number of alkyl halides is 2. The number of rotatable bonds is 9. The van der Waals surface area contributed by atoms with Crippen molar-refractivity contribution in [2.24, 2.45) is 5.11 Å².